The van der Waals surface area contributed by atoms with E-state index < -0.39 is 12.2 Å². The van der Waals surface area contributed by atoms with Gasteiger partial charge in [0.05, 0.1) is 41.5 Å². The molecule has 8 heteroatoms. The van der Waals surface area contributed by atoms with Gasteiger partial charge < -0.3 is 24.8 Å². The number of likely N-dealkylation sites (tertiary alicyclic amines) is 1. The highest BCUT2D eigenvalue weighted by atomic mass is 19.1. The number of nitrogens with zero attached hydrogens (tertiary/aromatic N) is 4. The second kappa shape index (κ2) is 8.91. The van der Waals surface area contributed by atoms with Gasteiger partial charge in [-0.3, -0.25) is 4.79 Å². The van der Waals surface area contributed by atoms with Crippen LogP contribution in [0, 0.1) is 17.8 Å². The molecule has 1 amide bonds. The van der Waals surface area contributed by atoms with Gasteiger partial charge in [0.25, 0.3) is 0 Å². The lowest BCUT2D eigenvalue weighted by molar-refractivity contribution is -0.137. The molecule has 1 aromatic heterocycles. The molecule has 0 bridgehead atoms. The second-order valence-electron chi connectivity index (χ2n) is 11.0. The highest BCUT2D eigenvalue weighted by molar-refractivity contribution is 5.87. The smallest absolute Gasteiger partial charge is 0.230 e. The summed E-state index contributed by atoms with van der Waals surface area (Å²) >= 11 is 0. The van der Waals surface area contributed by atoms with Gasteiger partial charge in [-0.25, -0.2) is 9.37 Å². The molecule has 2 aliphatic heterocycles. The number of para-hydroxylation sites is 1. The van der Waals surface area contributed by atoms with Crippen molar-refractivity contribution in [2.24, 2.45) is 30.5 Å². The highest BCUT2D eigenvalue weighted by Crippen LogP contribution is 2.47. The van der Waals surface area contributed by atoms with Crippen LogP contribution in [0.2, 0.25) is 0 Å². The van der Waals surface area contributed by atoms with Crippen molar-refractivity contribution in [3.8, 4) is 5.75 Å². The predicted molar refractivity (Wildman–Crippen MR) is 138 cm³/mol. The first-order valence-electron chi connectivity index (χ1n) is 13.2. The van der Waals surface area contributed by atoms with Crippen molar-refractivity contribution >= 4 is 23.7 Å². The Bertz CT molecular complexity index is 1300. The fourth-order valence-electron chi connectivity index (χ4n) is 6.22. The Kier molecular flexibility index (Phi) is 5.82. The van der Waals surface area contributed by atoms with Crippen LogP contribution in [0.15, 0.2) is 18.2 Å². The van der Waals surface area contributed by atoms with E-state index in [2.05, 4.69) is 34.7 Å². The van der Waals surface area contributed by atoms with Crippen LogP contribution in [0.4, 0.5) is 10.1 Å². The van der Waals surface area contributed by atoms with Gasteiger partial charge in [-0.15, -0.1) is 0 Å². The number of hydrogen-bond donors (Lipinski definition) is 1. The van der Waals surface area contributed by atoms with Crippen molar-refractivity contribution in [3.05, 3.63) is 40.3 Å². The fraction of sp³-hybridized carbons (Fsp3) is 0.571. The molecular formula is C28H36FN5O2. The number of hydrogen-bond acceptors (Lipinski definition) is 5. The van der Waals surface area contributed by atoms with Crippen LogP contribution in [0.3, 0.4) is 0 Å². The quantitative estimate of drug-likeness (QED) is 0.635. The Labute approximate surface area is 211 Å². The third-order valence-corrected chi connectivity index (χ3v) is 8.55. The first-order valence-corrected chi connectivity index (χ1v) is 13.2. The van der Waals surface area contributed by atoms with Crippen molar-refractivity contribution in [1.82, 2.24) is 14.5 Å². The van der Waals surface area contributed by atoms with Gasteiger partial charge in [-0.05, 0) is 55.7 Å². The number of anilines is 1. The number of imidazole rings is 1. The molecule has 0 radical (unpaired) electrons. The molecule has 1 saturated heterocycles. The van der Waals surface area contributed by atoms with E-state index in [0.717, 1.165) is 47.6 Å². The van der Waals surface area contributed by atoms with E-state index in [0.29, 0.717) is 6.54 Å². The summed E-state index contributed by atoms with van der Waals surface area (Å²) in [5.41, 5.74) is 8.44. The summed E-state index contributed by atoms with van der Waals surface area (Å²) in [6.45, 7) is 3.33. The molecule has 1 saturated carbocycles. The summed E-state index contributed by atoms with van der Waals surface area (Å²) in [4.78, 5) is 22.7. The number of amides is 1. The first kappa shape index (κ1) is 23.5. The summed E-state index contributed by atoms with van der Waals surface area (Å²) in [6.07, 6.45) is 7.42. The zero-order valence-corrected chi connectivity index (χ0v) is 21.4. The minimum absolute atomic E-state index is 0.0322. The van der Waals surface area contributed by atoms with Gasteiger partial charge in [0, 0.05) is 33.1 Å². The normalized spacial score (nSPS) is 26.5. The number of rotatable bonds is 7. The SMILES string of the molecule is COc1cccc2c1N(CC1CC1)[C@H](c1nc3c(n1C)=CC1CCN(C[C@H](N)[C@@H](C)F)C(=O)C1C=3)C2. The number of halogens is 1. The molecule has 5 atom stereocenters. The molecule has 4 aliphatic rings. The number of fused-ring (bicyclic) bond motifs is 3. The molecule has 2 aromatic rings. The van der Waals surface area contributed by atoms with Crippen LogP contribution in [0.5, 0.6) is 5.75 Å². The van der Waals surface area contributed by atoms with Crippen molar-refractivity contribution in [2.45, 2.75) is 50.9 Å². The summed E-state index contributed by atoms with van der Waals surface area (Å²) in [5, 5.41) is 1.97. The predicted octanol–water partition coefficient (Wildman–Crippen LogP) is 1.67. The van der Waals surface area contributed by atoms with Crippen LogP contribution < -0.4 is 26.1 Å². The molecule has 192 valence electrons. The third kappa shape index (κ3) is 3.90. The maximum Gasteiger partial charge on any atom is 0.230 e. The number of carbonyl (C=O) groups is 1. The van der Waals surface area contributed by atoms with Crippen LogP contribution in [0.1, 0.15) is 43.6 Å². The minimum Gasteiger partial charge on any atom is -0.495 e. The molecule has 2 N–H and O–H groups in total. The molecule has 36 heavy (non-hydrogen) atoms. The molecule has 7 nitrogen and oxygen atoms in total. The average Bonchev–Trinajstić information content (AvgIpc) is 3.54. The summed E-state index contributed by atoms with van der Waals surface area (Å²) in [7, 11) is 3.84. The monoisotopic (exact) mass is 493 g/mol. The highest BCUT2D eigenvalue weighted by Gasteiger charge is 2.40. The van der Waals surface area contributed by atoms with E-state index in [1.807, 2.05) is 12.1 Å². The molecule has 6 rings (SSSR count). The van der Waals surface area contributed by atoms with Gasteiger partial charge in [0.2, 0.25) is 5.91 Å². The number of alkyl halides is 1. The van der Waals surface area contributed by atoms with Gasteiger partial charge in [-0.2, -0.15) is 0 Å². The lowest BCUT2D eigenvalue weighted by Crippen LogP contribution is -2.52. The number of nitrogens with two attached hydrogens (primary N) is 1. The molecule has 0 spiro atoms. The minimum atomic E-state index is -1.14. The molecule has 2 fully saturated rings. The molecule has 2 aliphatic carbocycles. The largest absolute Gasteiger partial charge is 0.495 e. The zero-order chi connectivity index (χ0) is 25.1. The Hall–Kier alpha value is -2.87. The summed E-state index contributed by atoms with van der Waals surface area (Å²) in [6, 6.07) is 5.78. The summed E-state index contributed by atoms with van der Waals surface area (Å²) < 4.78 is 21.6. The lowest BCUT2D eigenvalue weighted by atomic mass is 9.82. The van der Waals surface area contributed by atoms with Crippen LogP contribution in [-0.2, 0) is 18.3 Å². The van der Waals surface area contributed by atoms with E-state index in [1.54, 1.807) is 12.0 Å². The molecule has 3 heterocycles. The van der Waals surface area contributed by atoms with Gasteiger partial charge in [-0.1, -0.05) is 18.2 Å². The second-order valence-corrected chi connectivity index (χ2v) is 11.0. The van der Waals surface area contributed by atoms with Crippen molar-refractivity contribution < 1.29 is 13.9 Å². The van der Waals surface area contributed by atoms with E-state index in [4.69, 9.17) is 15.5 Å². The standard InChI is InChI=1S/C28H36FN5O2/c1-16(29)21(30)15-33-10-9-18-11-23-22(13-20(18)28(33)35)31-27(32(23)2)24-12-19-5-4-6-25(36-3)26(19)34(24)14-17-7-8-17/h4-6,11,13,16-18,20-21,24H,7-10,12,14-15,30H2,1-3H3/t16-,18?,20?,21+,24+/m1/s1. The number of carbonyl (C=O) groups excluding carboxylic acids is 1. The topological polar surface area (TPSA) is 76.6 Å². The van der Waals surface area contributed by atoms with Crippen LogP contribution in [-0.4, -0.2) is 59.3 Å². The number of methoxy groups -OCH3 is 1. The van der Waals surface area contributed by atoms with E-state index in [-0.39, 0.29) is 30.3 Å². The molecular weight excluding hydrogens is 457 g/mol. The van der Waals surface area contributed by atoms with Crippen LogP contribution in [0.25, 0.3) is 12.2 Å². The maximum absolute atomic E-state index is 13.7. The number of ether oxygens (including phenoxy) is 1. The van der Waals surface area contributed by atoms with E-state index in [9.17, 15) is 9.18 Å². The fourth-order valence-corrected chi connectivity index (χ4v) is 6.22. The average molecular weight is 494 g/mol. The third-order valence-electron chi connectivity index (χ3n) is 8.55. The Balaban J connectivity index is 1.34. The Morgan fingerprint density at radius 3 is 2.78 bits per heavy atom. The van der Waals surface area contributed by atoms with Gasteiger partial charge >= 0.3 is 0 Å². The van der Waals surface area contributed by atoms with Gasteiger partial charge in [0.15, 0.2) is 0 Å². The van der Waals surface area contributed by atoms with E-state index >= 15 is 0 Å². The first-order chi connectivity index (χ1) is 17.4. The van der Waals surface area contributed by atoms with Crippen molar-refractivity contribution in [2.75, 3.05) is 31.6 Å². The zero-order valence-electron chi connectivity index (χ0n) is 21.4. The van der Waals surface area contributed by atoms with Crippen molar-refractivity contribution in [1.29, 1.82) is 0 Å². The summed E-state index contributed by atoms with van der Waals surface area (Å²) in [5.74, 6) is 2.57. The Morgan fingerprint density at radius 2 is 2.06 bits per heavy atom. The van der Waals surface area contributed by atoms with E-state index in [1.165, 1.54) is 31.0 Å². The number of piperidine rings is 1. The number of benzene rings is 1. The van der Waals surface area contributed by atoms with Crippen LogP contribution >= 0.6 is 0 Å². The number of aromatic nitrogens is 2. The lowest BCUT2D eigenvalue weighted by Gasteiger charge is -2.37. The maximum atomic E-state index is 13.7. The Morgan fingerprint density at radius 1 is 1.25 bits per heavy atom. The van der Waals surface area contributed by atoms with Crippen molar-refractivity contribution in [3.63, 3.8) is 0 Å². The molecule has 1 aromatic carbocycles. The molecule has 2 unspecified atom stereocenters. The van der Waals surface area contributed by atoms with Gasteiger partial charge in [0.1, 0.15) is 17.7 Å².